The quantitative estimate of drug-likeness (QED) is 0.842. The first kappa shape index (κ1) is 19.2. The van der Waals surface area contributed by atoms with Crippen LogP contribution in [0, 0.1) is 5.82 Å². The van der Waals surface area contributed by atoms with Gasteiger partial charge in [0.25, 0.3) is 0 Å². The van der Waals surface area contributed by atoms with Gasteiger partial charge in [-0.1, -0.05) is 23.7 Å². The summed E-state index contributed by atoms with van der Waals surface area (Å²) in [6.07, 6.45) is 5.93. The van der Waals surface area contributed by atoms with Crippen molar-refractivity contribution in [2.75, 3.05) is 19.3 Å². The summed E-state index contributed by atoms with van der Waals surface area (Å²) in [5.41, 5.74) is 1.34. The number of nitrogens with one attached hydrogen (secondary N) is 1. The molecule has 1 saturated heterocycles. The van der Waals surface area contributed by atoms with Gasteiger partial charge in [0.2, 0.25) is 10.0 Å². The van der Waals surface area contributed by atoms with Crippen LogP contribution in [0.25, 0.3) is 0 Å². The van der Waals surface area contributed by atoms with E-state index >= 15 is 0 Å². The number of sulfonamides is 1. The molecule has 0 amide bonds. The second kappa shape index (κ2) is 8.00. The van der Waals surface area contributed by atoms with Crippen molar-refractivity contribution in [1.82, 2.24) is 14.6 Å². The minimum absolute atomic E-state index is 0.0771. The maximum absolute atomic E-state index is 14.5. The number of benzene rings is 1. The second-order valence-corrected chi connectivity index (χ2v) is 8.91. The second-order valence-electron chi connectivity index (χ2n) is 6.49. The highest BCUT2D eigenvalue weighted by molar-refractivity contribution is 7.88. The predicted molar refractivity (Wildman–Crippen MR) is 100 cm³/mol. The number of hydrogen-bond donors (Lipinski definition) is 1. The lowest BCUT2D eigenvalue weighted by Gasteiger charge is -2.33. The lowest BCUT2D eigenvalue weighted by atomic mass is 9.96. The maximum atomic E-state index is 14.5. The van der Waals surface area contributed by atoms with E-state index in [0.29, 0.717) is 36.5 Å². The van der Waals surface area contributed by atoms with Gasteiger partial charge in [-0.25, -0.2) is 17.1 Å². The molecule has 26 heavy (non-hydrogen) atoms. The van der Waals surface area contributed by atoms with Crippen LogP contribution in [0.15, 0.2) is 42.7 Å². The van der Waals surface area contributed by atoms with Crippen molar-refractivity contribution < 1.29 is 12.8 Å². The third-order valence-corrected chi connectivity index (χ3v) is 6.15. The maximum Gasteiger partial charge on any atom is 0.211 e. The Morgan fingerprint density at radius 3 is 2.62 bits per heavy atom. The molecule has 2 aromatic rings. The molecule has 1 atom stereocenters. The van der Waals surface area contributed by atoms with Gasteiger partial charge in [0.1, 0.15) is 5.82 Å². The van der Waals surface area contributed by atoms with E-state index in [2.05, 4.69) is 10.3 Å². The Balaban J connectivity index is 1.82. The standard InChI is InChI=1S/C18H21ClFN3O2S/c1-26(24,25)23-9-6-15(7-10-23)22-18(13-3-2-8-21-12-13)16-5-4-14(19)11-17(16)20/h2-5,8,11-12,15,18,22H,6-7,9-10H2,1H3. The fourth-order valence-corrected chi connectivity index (χ4v) is 4.27. The van der Waals surface area contributed by atoms with Crippen molar-refractivity contribution in [3.63, 3.8) is 0 Å². The smallest absolute Gasteiger partial charge is 0.211 e. The molecule has 1 aliphatic heterocycles. The van der Waals surface area contributed by atoms with Gasteiger partial charge in [-0.3, -0.25) is 4.98 Å². The van der Waals surface area contributed by atoms with Crippen molar-refractivity contribution in [3.8, 4) is 0 Å². The molecule has 0 spiro atoms. The van der Waals surface area contributed by atoms with E-state index in [1.165, 1.54) is 16.6 Å². The van der Waals surface area contributed by atoms with Crippen molar-refractivity contribution >= 4 is 21.6 Å². The number of halogens is 2. The summed E-state index contributed by atoms with van der Waals surface area (Å²) in [4.78, 5) is 4.14. The Kier molecular flexibility index (Phi) is 5.92. The highest BCUT2D eigenvalue weighted by Gasteiger charge is 2.28. The van der Waals surface area contributed by atoms with E-state index in [0.717, 1.165) is 5.56 Å². The molecule has 1 aromatic carbocycles. The van der Waals surface area contributed by atoms with Crippen LogP contribution < -0.4 is 5.32 Å². The number of rotatable bonds is 5. The fraction of sp³-hybridized carbons (Fsp3) is 0.389. The van der Waals surface area contributed by atoms with E-state index < -0.39 is 10.0 Å². The van der Waals surface area contributed by atoms with Gasteiger partial charge in [-0.2, -0.15) is 0 Å². The van der Waals surface area contributed by atoms with Crippen molar-refractivity contribution in [1.29, 1.82) is 0 Å². The summed E-state index contributed by atoms with van der Waals surface area (Å²) < 4.78 is 39.3. The molecular weight excluding hydrogens is 377 g/mol. The molecule has 1 unspecified atom stereocenters. The Hall–Kier alpha value is -1.54. The SMILES string of the molecule is CS(=O)(=O)N1CCC(NC(c2cccnc2)c2ccc(Cl)cc2F)CC1. The zero-order valence-electron chi connectivity index (χ0n) is 14.4. The molecule has 5 nitrogen and oxygen atoms in total. The Morgan fingerprint density at radius 2 is 2.04 bits per heavy atom. The summed E-state index contributed by atoms with van der Waals surface area (Å²) in [5, 5.41) is 3.82. The first-order valence-electron chi connectivity index (χ1n) is 8.40. The van der Waals surface area contributed by atoms with Crippen molar-refractivity contribution in [2.45, 2.75) is 24.9 Å². The normalized spacial score (nSPS) is 18.0. The first-order chi connectivity index (χ1) is 12.3. The van der Waals surface area contributed by atoms with Gasteiger partial charge in [-0.15, -0.1) is 0 Å². The third-order valence-electron chi connectivity index (χ3n) is 4.62. The predicted octanol–water partition coefficient (Wildman–Crippen LogP) is 2.98. The average Bonchev–Trinajstić information content (AvgIpc) is 2.61. The van der Waals surface area contributed by atoms with Crippen LogP contribution in [-0.2, 0) is 10.0 Å². The summed E-state index contributed by atoms with van der Waals surface area (Å²) in [6.45, 7) is 0.915. The molecule has 0 bridgehead atoms. The highest BCUT2D eigenvalue weighted by Crippen LogP contribution is 2.28. The molecule has 0 radical (unpaired) electrons. The number of pyridine rings is 1. The Morgan fingerprint density at radius 1 is 1.31 bits per heavy atom. The molecule has 1 aliphatic rings. The van der Waals surface area contributed by atoms with E-state index in [1.807, 2.05) is 12.1 Å². The summed E-state index contributed by atoms with van der Waals surface area (Å²) in [5.74, 6) is -0.382. The summed E-state index contributed by atoms with van der Waals surface area (Å²) >= 11 is 5.88. The number of hydrogen-bond acceptors (Lipinski definition) is 4. The van der Waals surface area contributed by atoms with Gasteiger partial charge in [-0.05, 0) is 36.6 Å². The van der Waals surface area contributed by atoms with E-state index in [9.17, 15) is 12.8 Å². The Labute approximate surface area is 158 Å². The van der Waals surface area contributed by atoms with Gasteiger partial charge in [0, 0.05) is 42.1 Å². The fourth-order valence-electron chi connectivity index (χ4n) is 3.24. The lowest BCUT2D eigenvalue weighted by Crippen LogP contribution is -2.45. The van der Waals surface area contributed by atoms with Crippen LogP contribution in [0.4, 0.5) is 4.39 Å². The van der Waals surface area contributed by atoms with Gasteiger partial charge in [0.15, 0.2) is 0 Å². The van der Waals surface area contributed by atoms with Gasteiger partial charge in [0.05, 0.1) is 12.3 Å². The summed E-state index contributed by atoms with van der Waals surface area (Å²) in [7, 11) is -3.17. The van der Waals surface area contributed by atoms with E-state index in [4.69, 9.17) is 11.6 Å². The van der Waals surface area contributed by atoms with Crippen LogP contribution in [-0.4, -0.2) is 43.1 Å². The largest absolute Gasteiger partial charge is 0.303 e. The summed E-state index contributed by atoms with van der Waals surface area (Å²) in [6, 6.07) is 8.04. The van der Waals surface area contributed by atoms with Crippen LogP contribution in [0.3, 0.4) is 0 Å². The van der Waals surface area contributed by atoms with Crippen LogP contribution >= 0.6 is 11.6 Å². The number of piperidine rings is 1. The van der Waals surface area contributed by atoms with Gasteiger partial charge < -0.3 is 5.32 Å². The van der Waals surface area contributed by atoms with E-state index in [-0.39, 0.29) is 17.9 Å². The number of aromatic nitrogens is 1. The number of nitrogens with zero attached hydrogens (tertiary/aromatic N) is 2. The van der Waals surface area contributed by atoms with Crippen LogP contribution in [0.5, 0.6) is 0 Å². The molecule has 8 heteroatoms. The molecule has 3 rings (SSSR count). The molecule has 1 aromatic heterocycles. The monoisotopic (exact) mass is 397 g/mol. The van der Waals surface area contributed by atoms with Crippen LogP contribution in [0.2, 0.25) is 5.02 Å². The molecular formula is C18H21ClFN3O2S. The average molecular weight is 398 g/mol. The molecule has 2 heterocycles. The van der Waals surface area contributed by atoms with E-state index in [1.54, 1.807) is 24.5 Å². The zero-order valence-corrected chi connectivity index (χ0v) is 16.0. The first-order valence-corrected chi connectivity index (χ1v) is 10.6. The van der Waals surface area contributed by atoms with Crippen molar-refractivity contribution in [3.05, 3.63) is 64.7 Å². The molecule has 140 valence electrons. The minimum atomic E-state index is -3.17. The molecule has 0 aliphatic carbocycles. The molecule has 0 saturated carbocycles. The minimum Gasteiger partial charge on any atom is -0.303 e. The van der Waals surface area contributed by atoms with Gasteiger partial charge >= 0.3 is 0 Å². The molecule has 1 fully saturated rings. The highest BCUT2D eigenvalue weighted by atomic mass is 35.5. The lowest BCUT2D eigenvalue weighted by molar-refractivity contribution is 0.280. The molecule has 1 N–H and O–H groups in total. The third kappa shape index (κ3) is 4.59. The van der Waals surface area contributed by atoms with Crippen LogP contribution in [0.1, 0.15) is 30.0 Å². The Bertz CT molecular complexity index is 856. The zero-order chi connectivity index (χ0) is 18.7. The van der Waals surface area contributed by atoms with Crippen molar-refractivity contribution in [2.24, 2.45) is 0 Å². The topological polar surface area (TPSA) is 62.3 Å².